The van der Waals surface area contributed by atoms with Gasteiger partial charge in [-0.1, -0.05) is 11.6 Å². The maximum atomic E-state index is 12.2. The largest absolute Gasteiger partial charge is 0.241 e. The molecule has 0 aliphatic heterocycles. The van der Waals surface area contributed by atoms with Gasteiger partial charge in [-0.15, -0.1) is 0 Å². The summed E-state index contributed by atoms with van der Waals surface area (Å²) in [6.45, 7) is 7.11. The van der Waals surface area contributed by atoms with Crippen molar-refractivity contribution in [2.75, 3.05) is 0 Å². The van der Waals surface area contributed by atoms with Crippen molar-refractivity contribution in [3.63, 3.8) is 0 Å². The van der Waals surface area contributed by atoms with E-state index in [0.717, 1.165) is 0 Å². The van der Waals surface area contributed by atoms with Gasteiger partial charge in [-0.25, -0.2) is 13.1 Å². The van der Waals surface area contributed by atoms with Gasteiger partial charge in [-0.2, -0.15) is 0 Å². The van der Waals surface area contributed by atoms with E-state index in [1.807, 2.05) is 0 Å². The van der Waals surface area contributed by atoms with Crippen LogP contribution in [0.15, 0.2) is 21.5 Å². The molecule has 0 aliphatic rings. The molecule has 6 heteroatoms. The fourth-order valence-electron chi connectivity index (χ4n) is 1.38. The summed E-state index contributed by atoms with van der Waals surface area (Å²) in [5.74, 6) is 0. The van der Waals surface area contributed by atoms with Crippen LogP contribution in [0.4, 0.5) is 0 Å². The molecular weight excluding hydrogens is 326 g/mol. The van der Waals surface area contributed by atoms with Crippen LogP contribution in [0.1, 0.15) is 26.3 Å². The van der Waals surface area contributed by atoms with Crippen molar-refractivity contribution >= 4 is 37.6 Å². The fraction of sp³-hybridized carbons (Fsp3) is 0.455. The van der Waals surface area contributed by atoms with Gasteiger partial charge in [-0.3, -0.25) is 0 Å². The van der Waals surface area contributed by atoms with Crippen molar-refractivity contribution in [2.24, 2.45) is 0 Å². The van der Waals surface area contributed by atoms with Gasteiger partial charge in [0, 0.05) is 10.0 Å². The Morgan fingerprint density at radius 3 is 2.29 bits per heavy atom. The molecule has 1 aromatic rings. The van der Waals surface area contributed by atoms with Crippen LogP contribution in [-0.2, 0) is 10.0 Å². The zero-order valence-electron chi connectivity index (χ0n) is 10.1. The van der Waals surface area contributed by atoms with Gasteiger partial charge in [0.25, 0.3) is 0 Å². The number of benzene rings is 1. The summed E-state index contributed by atoms with van der Waals surface area (Å²) in [6.07, 6.45) is 0. The Morgan fingerprint density at radius 1 is 1.29 bits per heavy atom. The summed E-state index contributed by atoms with van der Waals surface area (Å²) in [4.78, 5) is 0.240. The minimum absolute atomic E-state index is 0.240. The summed E-state index contributed by atoms with van der Waals surface area (Å²) < 4.78 is 27.5. The first kappa shape index (κ1) is 15.0. The first-order chi connectivity index (χ1) is 7.53. The third-order valence-electron chi connectivity index (χ3n) is 1.95. The summed E-state index contributed by atoms with van der Waals surface area (Å²) in [5, 5.41) is 0.497. The Bertz CT molecular complexity index is 535. The van der Waals surface area contributed by atoms with Crippen molar-refractivity contribution in [3.8, 4) is 0 Å². The van der Waals surface area contributed by atoms with E-state index >= 15 is 0 Å². The Balaban J connectivity index is 3.30. The summed E-state index contributed by atoms with van der Waals surface area (Å²) in [6, 6.07) is 3.15. The standard InChI is InChI=1S/C11H15BrClNO2S/c1-7-5-9(13)8(12)6-10(7)17(15,16)14-11(2,3)4/h5-6,14H,1-4H3. The van der Waals surface area contributed by atoms with Crippen LogP contribution in [0, 0.1) is 6.92 Å². The first-order valence-corrected chi connectivity index (χ1v) is 7.68. The Labute approximate surface area is 116 Å². The van der Waals surface area contributed by atoms with E-state index < -0.39 is 15.6 Å². The average molecular weight is 341 g/mol. The van der Waals surface area contributed by atoms with Crippen LogP contribution in [0.25, 0.3) is 0 Å². The van der Waals surface area contributed by atoms with Crippen molar-refractivity contribution in [1.82, 2.24) is 4.72 Å². The quantitative estimate of drug-likeness (QED) is 0.896. The van der Waals surface area contributed by atoms with Gasteiger partial charge in [0.15, 0.2) is 0 Å². The lowest BCUT2D eigenvalue weighted by Crippen LogP contribution is -2.40. The molecule has 1 aromatic carbocycles. The molecule has 0 aliphatic carbocycles. The van der Waals surface area contributed by atoms with Crippen LogP contribution < -0.4 is 4.72 Å². The van der Waals surface area contributed by atoms with E-state index in [-0.39, 0.29) is 4.90 Å². The minimum atomic E-state index is -3.53. The Kier molecular flexibility index (Phi) is 4.29. The van der Waals surface area contributed by atoms with Gasteiger partial charge in [-0.05, 0) is 61.3 Å². The molecule has 0 aromatic heterocycles. The van der Waals surface area contributed by atoms with Crippen molar-refractivity contribution < 1.29 is 8.42 Å². The lowest BCUT2D eigenvalue weighted by Gasteiger charge is -2.21. The zero-order chi connectivity index (χ0) is 13.4. The second-order valence-electron chi connectivity index (χ2n) is 4.89. The van der Waals surface area contributed by atoms with Gasteiger partial charge in [0.05, 0.1) is 9.92 Å². The zero-order valence-corrected chi connectivity index (χ0v) is 13.3. The van der Waals surface area contributed by atoms with Crippen LogP contribution in [-0.4, -0.2) is 14.0 Å². The molecule has 0 saturated heterocycles. The first-order valence-electron chi connectivity index (χ1n) is 5.02. The molecular formula is C11H15BrClNO2S. The maximum Gasteiger partial charge on any atom is 0.241 e. The second-order valence-corrected chi connectivity index (χ2v) is 7.80. The molecule has 96 valence electrons. The van der Waals surface area contributed by atoms with E-state index in [4.69, 9.17) is 11.6 Å². The molecule has 0 heterocycles. The molecule has 0 fully saturated rings. The third-order valence-corrected chi connectivity index (χ3v) is 5.04. The van der Waals surface area contributed by atoms with E-state index in [0.29, 0.717) is 15.1 Å². The Morgan fingerprint density at radius 2 is 1.82 bits per heavy atom. The molecule has 1 rings (SSSR count). The molecule has 3 nitrogen and oxygen atoms in total. The summed E-state index contributed by atoms with van der Waals surface area (Å²) in [5.41, 5.74) is 0.104. The number of hydrogen-bond donors (Lipinski definition) is 1. The highest BCUT2D eigenvalue weighted by molar-refractivity contribution is 9.10. The molecule has 0 bridgehead atoms. The summed E-state index contributed by atoms with van der Waals surface area (Å²) >= 11 is 9.14. The van der Waals surface area contributed by atoms with Crippen molar-refractivity contribution in [3.05, 3.63) is 27.2 Å². The van der Waals surface area contributed by atoms with E-state index in [2.05, 4.69) is 20.7 Å². The van der Waals surface area contributed by atoms with Gasteiger partial charge in [0.1, 0.15) is 0 Å². The third kappa shape index (κ3) is 3.95. The molecule has 0 amide bonds. The van der Waals surface area contributed by atoms with E-state index in [9.17, 15) is 8.42 Å². The van der Waals surface area contributed by atoms with Gasteiger partial charge >= 0.3 is 0 Å². The number of hydrogen-bond acceptors (Lipinski definition) is 2. The second kappa shape index (κ2) is 4.88. The van der Waals surface area contributed by atoms with Crippen LogP contribution in [0.5, 0.6) is 0 Å². The minimum Gasteiger partial charge on any atom is -0.207 e. The molecule has 0 spiro atoms. The number of nitrogens with one attached hydrogen (secondary N) is 1. The lowest BCUT2D eigenvalue weighted by atomic mass is 10.1. The average Bonchev–Trinajstić information content (AvgIpc) is 2.06. The highest BCUT2D eigenvalue weighted by atomic mass is 79.9. The molecule has 17 heavy (non-hydrogen) atoms. The fourth-order valence-corrected chi connectivity index (χ4v) is 3.76. The predicted molar refractivity (Wildman–Crippen MR) is 74.0 cm³/mol. The monoisotopic (exact) mass is 339 g/mol. The van der Waals surface area contributed by atoms with Crippen molar-refractivity contribution in [1.29, 1.82) is 0 Å². The van der Waals surface area contributed by atoms with Gasteiger partial charge < -0.3 is 0 Å². The highest BCUT2D eigenvalue weighted by Gasteiger charge is 2.24. The van der Waals surface area contributed by atoms with E-state index in [1.165, 1.54) is 6.07 Å². The predicted octanol–water partition coefficient (Wildman–Crippen LogP) is 3.49. The summed E-state index contributed by atoms with van der Waals surface area (Å²) in [7, 11) is -3.53. The molecule has 0 unspecified atom stereocenters. The van der Waals surface area contributed by atoms with Crippen LogP contribution >= 0.6 is 27.5 Å². The topological polar surface area (TPSA) is 46.2 Å². The number of aryl methyl sites for hydroxylation is 1. The lowest BCUT2D eigenvalue weighted by molar-refractivity contribution is 0.491. The molecule has 0 atom stereocenters. The smallest absolute Gasteiger partial charge is 0.207 e. The molecule has 1 N–H and O–H groups in total. The normalized spacial score (nSPS) is 12.8. The highest BCUT2D eigenvalue weighted by Crippen LogP contribution is 2.28. The molecule has 0 saturated carbocycles. The van der Waals surface area contributed by atoms with Gasteiger partial charge in [0.2, 0.25) is 10.0 Å². The SMILES string of the molecule is Cc1cc(Cl)c(Br)cc1S(=O)(=O)NC(C)(C)C. The van der Waals surface area contributed by atoms with E-state index in [1.54, 1.807) is 33.8 Å². The number of rotatable bonds is 2. The molecule has 0 radical (unpaired) electrons. The number of sulfonamides is 1. The Hall–Kier alpha value is -0.100. The van der Waals surface area contributed by atoms with Crippen LogP contribution in [0.3, 0.4) is 0 Å². The maximum absolute atomic E-state index is 12.2. The van der Waals surface area contributed by atoms with Crippen molar-refractivity contribution in [2.45, 2.75) is 38.1 Å². The number of halogens is 2. The van der Waals surface area contributed by atoms with Crippen LogP contribution in [0.2, 0.25) is 5.02 Å².